The average molecular weight is 359 g/mol. The van der Waals surface area contributed by atoms with E-state index in [1.165, 1.54) is 6.20 Å². The molecule has 7 heteroatoms. The van der Waals surface area contributed by atoms with Crippen LogP contribution in [0.15, 0.2) is 42.7 Å². The van der Waals surface area contributed by atoms with Crippen molar-refractivity contribution in [1.82, 2.24) is 9.97 Å². The SMILES string of the molecule is Cc1ccc(NC(=O)CCNc2ccc3c(Cl)ccnc3c2F)nc1. The first kappa shape index (κ1) is 17.1. The fourth-order valence-electron chi connectivity index (χ4n) is 2.34. The molecule has 1 aromatic carbocycles. The van der Waals surface area contributed by atoms with Gasteiger partial charge in [0.15, 0.2) is 5.82 Å². The van der Waals surface area contributed by atoms with E-state index < -0.39 is 5.82 Å². The highest BCUT2D eigenvalue weighted by molar-refractivity contribution is 6.35. The molecule has 25 heavy (non-hydrogen) atoms. The van der Waals surface area contributed by atoms with Gasteiger partial charge in [-0.15, -0.1) is 0 Å². The van der Waals surface area contributed by atoms with E-state index in [9.17, 15) is 9.18 Å². The van der Waals surface area contributed by atoms with Crippen molar-refractivity contribution in [3.05, 3.63) is 59.1 Å². The van der Waals surface area contributed by atoms with Gasteiger partial charge in [0.25, 0.3) is 0 Å². The molecule has 0 aliphatic carbocycles. The summed E-state index contributed by atoms with van der Waals surface area (Å²) in [6.07, 6.45) is 3.31. The van der Waals surface area contributed by atoms with Gasteiger partial charge < -0.3 is 10.6 Å². The van der Waals surface area contributed by atoms with Gasteiger partial charge in [-0.3, -0.25) is 9.78 Å². The number of pyridine rings is 2. The second-order valence-electron chi connectivity index (χ2n) is 5.56. The standard InChI is InChI=1S/C18H16ClFN4O/c1-11-2-5-15(23-10-11)24-16(25)7-9-21-14-4-3-12-13(19)6-8-22-18(12)17(14)20/h2-6,8,10,21H,7,9H2,1H3,(H,23,24,25). The van der Waals surface area contributed by atoms with Crippen LogP contribution in [0.2, 0.25) is 5.02 Å². The van der Waals surface area contributed by atoms with Crippen molar-refractivity contribution < 1.29 is 9.18 Å². The summed E-state index contributed by atoms with van der Waals surface area (Å²) in [7, 11) is 0. The van der Waals surface area contributed by atoms with Crippen molar-refractivity contribution in [3.8, 4) is 0 Å². The normalized spacial score (nSPS) is 10.7. The first-order valence-corrected chi connectivity index (χ1v) is 8.11. The number of fused-ring (bicyclic) bond motifs is 1. The number of halogens is 2. The minimum Gasteiger partial charge on any atom is -0.382 e. The van der Waals surface area contributed by atoms with Gasteiger partial charge in [-0.1, -0.05) is 17.7 Å². The predicted molar refractivity (Wildman–Crippen MR) is 97.4 cm³/mol. The quantitative estimate of drug-likeness (QED) is 0.718. The Morgan fingerprint density at radius 1 is 1.20 bits per heavy atom. The molecule has 0 saturated carbocycles. The highest BCUT2D eigenvalue weighted by atomic mass is 35.5. The second-order valence-corrected chi connectivity index (χ2v) is 5.97. The Morgan fingerprint density at radius 2 is 2.04 bits per heavy atom. The Balaban J connectivity index is 1.60. The summed E-state index contributed by atoms with van der Waals surface area (Å²) >= 11 is 6.03. The van der Waals surface area contributed by atoms with Crippen LogP contribution in [0.3, 0.4) is 0 Å². The van der Waals surface area contributed by atoms with Gasteiger partial charge in [0.2, 0.25) is 5.91 Å². The zero-order valence-corrected chi connectivity index (χ0v) is 14.3. The van der Waals surface area contributed by atoms with E-state index in [2.05, 4.69) is 20.6 Å². The number of rotatable bonds is 5. The summed E-state index contributed by atoms with van der Waals surface area (Å²) < 4.78 is 14.5. The maximum absolute atomic E-state index is 14.5. The Bertz CT molecular complexity index is 915. The van der Waals surface area contributed by atoms with Crippen LogP contribution in [0, 0.1) is 12.7 Å². The van der Waals surface area contributed by atoms with Gasteiger partial charge >= 0.3 is 0 Å². The number of aromatic nitrogens is 2. The Kier molecular flexibility index (Phi) is 5.09. The molecule has 1 amide bonds. The van der Waals surface area contributed by atoms with Crippen molar-refractivity contribution in [2.45, 2.75) is 13.3 Å². The van der Waals surface area contributed by atoms with Gasteiger partial charge in [-0.25, -0.2) is 9.37 Å². The lowest BCUT2D eigenvalue weighted by atomic mass is 10.2. The summed E-state index contributed by atoms with van der Waals surface area (Å²) in [4.78, 5) is 20.0. The number of carbonyl (C=O) groups excluding carboxylic acids is 1. The van der Waals surface area contributed by atoms with Crippen LogP contribution in [0.1, 0.15) is 12.0 Å². The third kappa shape index (κ3) is 4.03. The molecule has 2 aromatic heterocycles. The fourth-order valence-corrected chi connectivity index (χ4v) is 2.55. The van der Waals surface area contributed by atoms with Crippen LogP contribution >= 0.6 is 11.6 Å². The van der Waals surface area contributed by atoms with Crippen LogP contribution in [0.4, 0.5) is 15.9 Å². The average Bonchev–Trinajstić information content (AvgIpc) is 2.60. The van der Waals surface area contributed by atoms with E-state index in [-0.39, 0.29) is 30.1 Å². The number of nitrogens with zero attached hydrogens (tertiary/aromatic N) is 2. The lowest BCUT2D eigenvalue weighted by Crippen LogP contribution is -2.17. The van der Waals surface area contributed by atoms with Crippen molar-refractivity contribution in [2.24, 2.45) is 0 Å². The molecule has 0 fully saturated rings. The van der Waals surface area contributed by atoms with E-state index in [0.717, 1.165) is 5.56 Å². The van der Waals surface area contributed by atoms with E-state index >= 15 is 0 Å². The minimum atomic E-state index is -0.486. The maximum atomic E-state index is 14.5. The number of amides is 1. The molecule has 0 atom stereocenters. The first-order valence-electron chi connectivity index (χ1n) is 7.73. The van der Waals surface area contributed by atoms with Crippen molar-refractivity contribution in [3.63, 3.8) is 0 Å². The fraction of sp³-hybridized carbons (Fsp3) is 0.167. The smallest absolute Gasteiger partial charge is 0.227 e. The van der Waals surface area contributed by atoms with Crippen LogP contribution < -0.4 is 10.6 Å². The Morgan fingerprint density at radius 3 is 2.80 bits per heavy atom. The van der Waals surface area contributed by atoms with E-state index in [1.807, 2.05) is 13.0 Å². The predicted octanol–water partition coefficient (Wildman–Crippen LogP) is 4.17. The van der Waals surface area contributed by atoms with E-state index in [1.54, 1.807) is 30.5 Å². The number of anilines is 2. The molecule has 2 N–H and O–H groups in total. The molecule has 0 bridgehead atoms. The lowest BCUT2D eigenvalue weighted by molar-refractivity contribution is -0.116. The monoisotopic (exact) mass is 358 g/mol. The number of carbonyl (C=O) groups is 1. The summed E-state index contributed by atoms with van der Waals surface area (Å²) in [6, 6.07) is 8.50. The summed E-state index contributed by atoms with van der Waals surface area (Å²) in [6.45, 7) is 2.20. The zero-order chi connectivity index (χ0) is 17.8. The molecule has 0 aliphatic heterocycles. The number of aryl methyl sites for hydroxylation is 1. The van der Waals surface area contributed by atoms with Crippen LogP contribution in [0.25, 0.3) is 10.9 Å². The first-order chi connectivity index (χ1) is 12.0. The molecule has 0 unspecified atom stereocenters. The van der Waals surface area contributed by atoms with E-state index in [4.69, 9.17) is 11.6 Å². The molecular formula is C18H16ClFN4O. The van der Waals surface area contributed by atoms with Gasteiger partial charge in [-0.05, 0) is 36.8 Å². The van der Waals surface area contributed by atoms with Crippen LogP contribution in [-0.2, 0) is 4.79 Å². The third-order valence-electron chi connectivity index (χ3n) is 3.64. The molecule has 5 nitrogen and oxygen atoms in total. The van der Waals surface area contributed by atoms with Gasteiger partial charge in [-0.2, -0.15) is 0 Å². The molecule has 0 radical (unpaired) electrons. The third-order valence-corrected chi connectivity index (χ3v) is 3.97. The molecular weight excluding hydrogens is 343 g/mol. The van der Waals surface area contributed by atoms with Crippen LogP contribution in [-0.4, -0.2) is 22.4 Å². The van der Waals surface area contributed by atoms with Crippen molar-refractivity contribution in [1.29, 1.82) is 0 Å². The molecule has 3 rings (SSSR count). The highest BCUT2D eigenvalue weighted by Crippen LogP contribution is 2.27. The number of benzene rings is 1. The zero-order valence-electron chi connectivity index (χ0n) is 13.5. The maximum Gasteiger partial charge on any atom is 0.227 e. The Hall–Kier alpha value is -2.73. The van der Waals surface area contributed by atoms with Gasteiger partial charge in [0.1, 0.15) is 11.3 Å². The second kappa shape index (κ2) is 7.44. The number of nitrogens with one attached hydrogen (secondary N) is 2. The molecule has 0 saturated heterocycles. The summed E-state index contributed by atoms with van der Waals surface area (Å²) in [5.41, 5.74) is 1.49. The molecule has 128 valence electrons. The molecule has 2 heterocycles. The highest BCUT2D eigenvalue weighted by Gasteiger charge is 2.11. The minimum absolute atomic E-state index is 0.177. The summed E-state index contributed by atoms with van der Waals surface area (Å²) in [5, 5.41) is 6.60. The molecule has 0 aliphatic rings. The topological polar surface area (TPSA) is 66.9 Å². The van der Waals surface area contributed by atoms with Crippen molar-refractivity contribution >= 4 is 39.9 Å². The number of hydrogen-bond donors (Lipinski definition) is 2. The van der Waals surface area contributed by atoms with Crippen molar-refractivity contribution in [2.75, 3.05) is 17.2 Å². The van der Waals surface area contributed by atoms with Crippen LogP contribution in [0.5, 0.6) is 0 Å². The van der Waals surface area contributed by atoms with E-state index in [0.29, 0.717) is 16.2 Å². The van der Waals surface area contributed by atoms with Gasteiger partial charge in [0.05, 0.1) is 10.7 Å². The van der Waals surface area contributed by atoms with Gasteiger partial charge in [0, 0.05) is 30.7 Å². The molecule has 3 aromatic rings. The Labute approximate surface area is 149 Å². The largest absolute Gasteiger partial charge is 0.382 e. The molecule has 0 spiro atoms. The number of hydrogen-bond acceptors (Lipinski definition) is 4. The lowest BCUT2D eigenvalue weighted by Gasteiger charge is -2.10. The summed E-state index contributed by atoms with van der Waals surface area (Å²) in [5.74, 6) is -0.196.